The van der Waals surface area contributed by atoms with E-state index in [4.69, 9.17) is 10.3 Å². The predicted molar refractivity (Wildman–Crippen MR) is 55.7 cm³/mol. The van der Waals surface area contributed by atoms with Crippen molar-refractivity contribution in [1.82, 2.24) is 0 Å². The van der Waals surface area contributed by atoms with Gasteiger partial charge >= 0.3 is 0 Å². The summed E-state index contributed by atoms with van der Waals surface area (Å²) in [5.41, 5.74) is 10.6. The Kier molecular flexibility index (Phi) is 2.72. The molecule has 1 aliphatic rings. The van der Waals surface area contributed by atoms with Gasteiger partial charge in [-0.3, -0.25) is 0 Å². The second kappa shape index (κ2) is 4.00. The molecule has 0 N–H and O–H groups in total. The molecule has 1 aliphatic heterocycles. The largest absolute Gasteiger partial charge is 0.376 e. The van der Waals surface area contributed by atoms with E-state index in [0.717, 1.165) is 15.6 Å². The molecule has 0 amide bonds. The lowest BCUT2D eigenvalue weighted by molar-refractivity contribution is 0.0924. The zero-order valence-electron chi connectivity index (χ0n) is 7.35. The molecule has 1 aromatic carbocycles. The van der Waals surface area contributed by atoms with Crippen molar-refractivity contribution in [3.05, 3.63) is 44.2 Å². The van der Waals surface area contributed by atoms with Crippen molar-refractivity contribution >= 4 is 15.9 Å². The van der Waals surface area contributed by atoms with Gasteiger partial charge in [-0.15, -0.1) is 0 Å². The van der Waals surface area contributed by atoms with Crippen molar-refractivity contribution in [2.45, 2.75) is 12.6 Å². The number of benzene rings is 1. The van der Waals surface area contributed by atoms with Crippen molar-refractivity contribution in [3.8, 4) is 0 Å². The van der Waals surface area contributed by atoms with Crippen LogP contribution in [0.5, 0.6) is 0 Å². The topological polar surface area (TPSA) is 58.0 Å². The first-order valence-electron chi connectivity index (χ1n) is 4.21. The second-order valence-electron chi connectivity index (χ2n) is 3.08. The summed E-state index contributed by atoms with van der Waals surface area (Å²) in [6.45, 7) is 1.06. The Labute approximate surface area is 89.6 Å². The maximum Gasteiger partial charge on any atom is 0.0863 e. The Bertz CT molecular complexity index is 401. The van der Waals surface area contributed by atoms with Crippen molar-refractivity contribution in [2.24, 2.45) is 5.11 Å². The van der Waals surface area contributed by atoms with Gasteiger partial charge in [-0.25, -0.2) is 0 Å². The van der Waals surface area contributed by atoms with Gasteiger partial charge in [0.05, 0.1) is 19.3 Å². The number of rotatable bonds is 1. The molecule has 0 saturated carbocycles. The zero-order chi connectivity index (χ0) is 9.97. The average molecular weight is 254 g/mol. The van der Waals surface area contributed by atoms with E-state index in [-0.39, 0.29) is 6.04 Å². The molecule has 5 heteroatoms. The first-order chi connectivity index (χ1) is 6.81. The molecule has 0 aliphatic carbocycles. The first-order valence-corrected chi connectivity index (χ1v) is 5.01. The van der Waals surface area contributed by atoms with Gasteiger partial charge in [0.25, 0.3) is 0 Å². The standard InChI is InChI=1S/C9H8BrN3O/c10-7-2-1-6-4-14-5-9(12-13-11)8(6)3-7/h1-3,9H,4-5H2. The molecule has 1 heterocycles. The minimum absolute atomic E-state index is 0.193. The summed E-state index contributed by atoms with van der Waals surface area (Å²) in [5.74, 6) is 0. The lowest BCUT2D eigenvalue weighted by atomic mass is 10.00. The van der Waals surface area contributed by atoms with Crippen molar-refractivity contribution in [1.29, 1.82) is 0 Å². The summed E-state index contributed by atoms with van der Waals surface area (Å²) in [6.07, 6.45) is 0. The van der Waals surface area contributed by atoms with Crippen LogP contribution in [0.15, 0.2) is 27.8 Å². The second-order valence-corrected chi connectivity index (χ2v) is 3.99. The highest BCUT2D eigenvalue weighted by Gasteiger charge is 2.19. The number of fused-ring (bicyclic) bond motifs is 1. The smallest absolute Gasteiger partial charge is 0.0863 e. The molecule has 0 fully saturated rings. The number of nitrogens with zero attached hydrogens (tertiary/aromatic N) is 3. The lowest BCUT2D eigenvalue weighted by Crippen LogP contribution is -2.14. The summed E-state index contributed by atoms with van der Waals surface area (Å²) in [5, 5.41) is 3.70. The zero-order valence-corrected chi connectivity index (χ0v) is 8.94. The molecule has 0 aromatic heterocycles. The van der Waals surface area contributed by atoms with E-state index < -0.39 is 0 Å². The van der Waals surface area contributed by atoms with Crippen LogP contribution in [0.4, 0.5) is 0 Å². The van der Waals surface area contributed by atoms with Gasteiger partial charge in [0.15, 0.2) is 0 Å². The van der Waals surface area contributed by atoms with Crippen molar-refractivity contribution in [2.75, 3.05) is 6.61 Å². The molecule has 1 unspecified atom stereocenters. The highest BCUT2D eigenvalue weighted by atomic mass is 79.9. The molecule has 0 radical (unpaired) electrons. The average Bonchev–Trinajstić information content (AvgIpc) is 2.19. The van der Waals surface area contributed by atoms with Crippen LogP contribution in [-0.4, -0.2) is 6.61 Å². The molecule has 0 spiro atoms. The predicted octanol–water partition coefficient (Wildman–Crippen LogP) is 3.33. The summed E-state index contributed by atoms with van der Waals surface area (Å²) >= 11 is 3.39. The van der Waals surface area contributed by atoms with Crippen molar-refractivity contribution in [3.63, 3.8) is 0 Å². The number of ether oxygens (including phenoxy) is 1. The SMILES string of the molecule is [N-]=[N+]=NC1COCc2ccc(Br)cc21. The van der Waals surface area contributed by atoms with E-state index in [2.05, 4.69) is 26.0 Å². The van der Waals surface area contributed by atoms with Crippen LogP contribution in [0.2, 0.25) is 0 Å². The van der Waals surface area contributed by atoms with Crippen molar-refractivity contribution < 1.29 is 4.74 Å². The Morgan fingerprint density at radius 2 is 2.43 bits per heavy atom. The summed E-state index contributed by atoms with van der Waals surface area (Å²) in [6, 6.07) is 5.73. The van der Waals surface area contributed by atoms with Crippen LogP contribution in [0, 0.1) is 0 Å². The fraction of sp³-hybridized carbons (Fsp3) is 0.333. The lowest BCUT2D eigenvalue weighted by Gasteiger charge is -2.22. The van der Waals surface area contributed by atoms with Crippen LogP contribution in [0.3, 0.4) is 0 Å². The van der Waals surface area contributed by atoms with Crippen LogP contribution >= 0.6 is 15.9 Å². The van der Waals surface area contributed by atoms with Gasteiger partial charge in [0.1, 0.15) is 0 Å². The normalized spacial score (nSPS) is 19.6. The third kappa shape index (κ3) is 1.75. The molecule has 14 heavy (non-hydrogen) atoms. The van der Waals surface area contributed by atoms with Crippen LogP contribution in [0.25, 0.3) is 10.4 Å². The van der Waals surface area contributed by atoms with Crippen LogP contribution in [0.1, 0.15) is 17.2 Å². The molecule has 72 valence electrons. The van der Waals surface area contributed by atoms with Gasteiger partial charge in [-0.1, -0.05) is 27.1 Å². The van der Waals surface area contributed by atoms with E-state index in [0.29, 0.717) is 13.2 Å². The Hall–Kier alpha value is -1.03. The Morgan fingerprint density at radius 3 is 3.21 bits per heavy atom. The highest BCUT2D eigenvalue weighted by Crippen LogP contribution is 2.30. The van der Waals surface area contributed by atoms with Crippen LogP contribution in [-0.2, 0) is 11.3 Å². The molecule has 1 aromatic rings. The third-order valence-electron chi connectivity index (χ3n) is 2.19. The molecule has 4 nitrogen and oxygen atoms in total. The Balaban J connectivity index is 2.46. The van der Waals surface area contributed by atoms with Gasteiger partial charge in [0.2, 0.25) is 0 Å². The Morgan fingerprint density at radius 1 is 1.57 bits per heavy atom. The van der Waals surface area contributed by atoms with Gasteiger partial charge < -0.3 is 4.74 Å². The van der Waals surface area contributed by atoms with Crippen LogP contribution < -0.4 is 0 Å². The maximum atomic E-state index is 8.40. The fourth-order valence-corrected chi connectivity index (χ4v) is 1.91. The van der Waals surface area contributed by atoms with Gasteiger partial charge in [0, 0.05) is 9.38 Å². The minimum atomic E-state index is -0.193. The first kappa shape index (κ1) is 9.52. The van der Waals surface area contributed by atoms with E-state index >= 15 is 0 Å². The van der Waals surface area contributed by atoms with Gasteiger partial charge in [-0.05, 0) is 28.8 Å². The number of halogens is 1. The quantitative estimate of drug-likeness (QED) is 0.430. The van der Waals surface area contributed by atoms with E-state index in [1.165, 1.54) is 0 Å². The number of hydrogen-bond acceptors (Lipinski definition) is 2. The number of hydrogen-bond donors (Lipinski definition) is 0. The maximum absolute atomic E-state index is 8.40. The molecule has 2 rings (SSSR count). The fourth-order valence-electron chi connectivity index (χ4n) is 1.54. The summed E-state index contributed by atoms with van der Waals surface area (Å²) in [7, 11) is 0. The summed E-state index contributed by atoms with van der Waals surface area (Å²) < 4.78 is 6.32. The van der Waals surface area contributed by atoms with E-state index in [1.807, 2.05) is 18.2 Å². The molecule has 0 saturated heterocycles. The number of azide groups is 1. The van der Waals surface area contributed by atoms with E-state index in [1.54, 1.807) is 0 Å². The monoisotopic (exact) mass is 253 g/mol. The highest BCUT2D eigenvalue weighted by molar-refractivity contribution is 9.10. The molecular formula is C9H8BrN3O. The third-order valence-corrected chi connectivity index (χ3v) is 2.68. The minimum Gasteiger partial charge on any atom is -0.376 e. The van der Waals surface area contributed by atoms with Gasteiger partial charge in [-0.2, -0.15) is 0 Å². The molecule has 0 bridgehead atoms. The van der Waals surface area contributed by atoms with E-state index in [9.17, 15) is 0 Å². The molecule has 1 atom stereocenters. The summed E-state index contributed by atoms with van der Waals surface area (Å²) in [4.78, 5) is 2.82. The molecular weight excluding hydrogens is 246 g/mol.